The molecule has 0 fully saturated rings. The molecule has 1 amide bonds. The Morgan fingerprint density at radius 3 is 2.81 bits per heavy atom. The monoisotopic (exact) mass is 315 g/mol. The van der Waals surface area contributed by atoms with Crippen LogP contribution in [0.5, 0.6) is 0 Å². The number of aromatic nitrogens is 2. The molecule has 0 aliphatic carbocycles. The molecule has 0 saturated carbocycles. The Morgan fingerprint density at radius 2 is 2.24 bits per heavy atom. The van der Waals surface area contributed by atoms with Crippen molar-refractivity contribution in [3.63, 3.8) is 0 Å². The van der Waals surface area contributed by atoms with E-state index in [2.05, 4.69) is 5.10 Å². The molecule has 1 aromatic rings. The maximum atomic E-state index is 12.1. The zero-order chi connectivity index (χ0) is 15.6. The molecule has 0 radical (unpaired) electrons. The molecule has 21 heavy (non-hydrogen) atoms. The van der Waals surface area contributed by atoms with Crippen LogP contribution in [0, 0.1) is 0 Å². The summed E-state index contributed by atoms with van der Waals surface area (Å²) >= 11 is 0. The second-order valence-corrected chi connectivity index (χ2v) is 7.52. The van der Waals surface area contributed by atoms with Crippen molar-refractivity contribution in [2.45, 2.75) is 25.9 Å². The number of fused-ring (bicyclic) bond motifs is 1. The maximum Gasteiger partial charge on any atom is 0.238 e. The van der Waals surface area contributed by atoms with E-state index in [1.54, 1.807) is 12.0 Å². The molecule has 2 rings (SSSR count). The highest BCUT2D eigenvalue weighted by atomic mass is 32.2. The van der Waals surface area contributed by atoms with Crippen LogP contribution >= 0.6 is 0 Å². The van der Waals surface area contributed by atoms with E-state index in [0.717, 1.165) is 24.1 Å². The minimum absolute atomic E-state index is 0.0301. The van der Waals surface area contributed by atoms with Crippen molar-refractivity contribution in [2.75, 3.05) is 32.3 Å². The fourth-order valence-corrected chi connectivity index (χ4v) is 3.19. The Balaban J connectivity index is 2.23. The van der Waals surface area contributed by atoms with Gasteiger partial charge in [0.25, 0.3) is 0 Å². The predicted molar refractivity (Wildman–Crippen MR) is 77.6 cm³/mol. The highest BCUT2D eigenvalue weighted by Crippen LogP contribution is 2.28. The number of rotatable bonds is 5. The van der Waals surface area contributed by atoms with Gasteiger partial charge in [0.15, 0.2) is 9.84 Å². The van der Waals surface area contributed by atoms with Gasteiger partial charge >= 0.3 is 0 Å². The molecule has 1 aromatic heterocycles. The van der Waals surface area contributed by atoms with Crippen molar-refractivity contribution in [2.24, 2.45) is 0 Å². The van der Waals surface area contributed by atoms with Crippen LogP contribution in [0.3, 0.4) is 0 Å². The van der Waals surface area contributed by atoms with Crippen LogP contribution in [-0.4, -0.2) is 61.3 Å². The molecule has 0 saturated heterocycles. The van der Waals surface area contributed by atoms with E-state index in [1.807, 2.05) is 17.8 Å². The summed E-state index contributed by atoms with van der Waals surface area (Å²) in [5.74, 6) is -0.811. The standard InChI is InChI=1S/C13H21N3O4S/c1-4-16-6-11-10(8-20-2)5-15(7-12(11)14-16)13(17)9-21(3,18)19/h6,10H,4-5,7-9H2,1-3H3/t10-/m0/s1. The van der Waals surface area contributed by atoms with Gasteiger partial charge in [-0.25, -0.2) is 8.42 Å². The molecule has 7 nitrogen and oxygen atoms in total. The molecule has 0 N–H and O–H groups in total. The van der Waals surface area contributed by atoms with Crippen molar-refractivity contribution >= 4 is 15.7 Å². The van der Waals surface area contributed by atoms with Gasteiger partial charge in [-0.15, -0.1) is 0 Å². The third kappa shape index (κ3) is 3.82. The number of aryl methyl sites for hydroxylation is 1. The number of nitrogens with zero attached hydrogens (tertiary/aromatic N) is 3. The minimum Gasteiger partial charge on any atom is -0.384 e. The van der Waals surface area contributed by atoms with Crippen LogP contribution in [0.2, 0.25) is 0 Å². The first-order valence-electron chi connectivity index (χ1n) is 6.84. The first-order valence-corrected chi connectivity index (χ1v) is 8.90. The molecular weight excluding hydrogens is 294 g/mol. The Morgan fingerprint density at radius 1 is 1.52 bits per heavy atom. The number of hydrogen-bond donors (Lipinski definition) is 0. The number of carbonyl (C=O) groups is 1. The van der Waals surface area contributed by atoms with Crippen LogP contribution in [0.4, 0.5) is 0 Å². The van der Waals surface area contributed by atoms with Crippen LogP contribution in [0.15, 0.2) is 6.20 Å². The van der Waals surface area contributed by atoms with Crippen molar-refractivity contribution in [1.82, 2.24) is 14.7 Å². The summed E-state index contributed by atoms with van der Waals surface area (Å²) in [7, 11) is -1.72. The Hall–Kier alpha value is -1.41. The highest BCUT2D eigenvalue weighted by Gasteiger charge is 2.31. The van der Waals surface area contributed by atoms with Gasteiger partial charge in [-0.3, -0.25) is 9.48 Å². The van der Waals surface area contributed by atoms with Crippen LogP contribution in [-0.2, 0) is 32.5 Å². The molecule has 1 aliphatic rings. The molecule has 0 aromatic carbocycles. The smallest absolute Gasteiger partial charge is 0.238 e. The van der Waals surface area contributed by atoms with Crippen LogP contribution in [0.1, 0.15) is 24.1 Å². The average Bonchev–Trinajstić information content (AvgIpc) is 2.80. The lowest BCUT2D eigenvalue weighted by Crippen LogP contribution is -2.41. The fourth-order valence-electron chi connectivity index (χ4n) is 2.56. The summed E-state index contributed by atoms with van der Waals surface area (Å²) < 4.78 is 29.6. The maximum absolute atomic E-state index is 12.1. The lowest BCUT2D eigenvalue weighted by Gasteiger charge is -2.31. The number of amides is 1. The Labute approximate surface area is 124 Å². The SMILES string of the molecule is CCn1cc2c(n1)CN(C(=O)CS(C)(=O)=O)C[C@H]2COC. The van der Waals surface area contributed by atoms with Crippen molar-refractivity contribution in [3.05, 3.63) is 17.5 Å². The predicted octanol–water partition coefficient (Wildman–Crippen LogP) is 0.0198. The largest absolute Gasteiger partial charge is 0.384 e. The van der Waals surface area contributed by atoms with E-state index >= 15 is 0 Å². The van der Waals surface area contributed by atoms with Crippen LogP contribution < -0.4 is 0 Å². The molecule has 118 valence electrons. The first-order chi connectivity index (χ1) is 9.84. The summed E-state index contributed by atoms with van der Waals surface area (Å²) in [5.41, 5.74) is 1.91. The van der Waals surface area contributed by atoms with Gasteiger partial charge in [0, 0.05) is 44.1 Å². The molecule has 8 heteroatoms. The summed E-state index contributed by atoms with van der Waals surface area (Å²) in [5, 5.41) is 4.45. The third-order valence-corrected chi connectivity index (χ3v) is 4.29. The van der Waals surface area contributed by atoms with E-state index in [-0.39, 0.29) is 11.8 Å². The van der Waals surface area contributed by atoms with Gasteiger partial charge in [-0.2, -0.15) is 5.10 Å². The van der Waals surface area contributed by atoms with Gasteiger partial charge in [-0.1, -0.05) is 0 Å². The van der Waals surface area contributed by atoms with Gasteiger partial charge in [0.05, 0.1) is 18.8 Å². The fraction of sp³-hybridized carbons (Fsp3) is 0.692. The van der Waals surface area contributed by atoms with Gasteiger partial charge in [0.1, 0.15) is 5.75 Å². The molecule has 0 unspecified atom stereocenters. The van der Waals surface area contributed by atoms with Crippen molar-refractivity contribution in [1.29, 1.82) is 0 Å². The van der Waals surface area contributed by atoms with E-state index in [4.69, 9.17) is 4.74 Å². The summed E-state index contributed by atoms with van der Waals surface area (Å²) in [6.07, 6.45) is 3.05. The number of hydrogen-bond acceptors (Lipinski definition) is 5. The number of carbonyl (C=O) groups excluding carboxylic acids is 1. The summed E-state index contributed by atoms with van der Waals surface area (Å²) in [6, 6.07) is 0. The van der Waals surface area contributed by atoms with Gasteiger partial charge in [-0.05, 0) is 6.92 Å². The zero-order valence-corrected chi connectivity index (χ0v) is 13.4. The zero-order valence-electron chi connectivity index (χ0n) is 12.6. The molecule has 1 aliphatic heterocycles. The second-order valence-electron chi connectivity index (χ2n) is 5.38. The third-order valence-electron chi connectivity index (χ3n) is 3.52. The van der Waals surface area contributed by atoms with E-state index in [9.17, 15) is 13.2 Å². The summed E-state index contributed by atoms with van der Waals surface area (Å²) in [4.78, 5) is 13.7. The van der Waals surface area contributed by atoms with Crippen molar-refractivity contribution < 1.29 is 17.9 Å². The lowest BCUT2D eigenvalue weighted by atomic mass is 9.96. The normalized spacial score (nSPS) is 18.6. The highest BCUT2D eigenvalue weighted by molar-refractivity contribution is 7.91. The molecular formula is C13H21N3O4S. The molecule has 0 spiro atoms. The Bertz CT molecular complexity index is 623. The topological polar surface area (TPSA) is 81.5 Å². The van der Waals surface area contributed by atoms with E-state index < -0.39 is 15.6 Å². The summed E-state index contributed by atoms with van der Waals surface area (Å²) in [6.45, 7) is 4.05. The van der Waals surface area contributed by atoms with Crippen LogP contribution in [0.25, 0.3) is 0 Å². The first kappa shape index (κ1) is 16.0. The quantitative estimate of drug-likeness (QED) is 0.765. The number of sulfone groups is 1. The minimum atomic E-state index is -3.33. The molecule has 1 atom stereocenters. The number of methoxy groups -OCH3 is 1. The molecule has 0 bridgehead atoms. The van der Waals surface area contributed by atoms with Gasteiger partial charge in [0.2, 0.25) is 5.91 Å². The van der Waals surface area contributed by atoms with E-state index in [1.165, 1.54) is 0 Å². The van der Waals surface area contributed by atoms with Gasteiger partial charge < -0.3 is 9.64 Å². The molecule has 2 heterocycles. The average molecular weight is 315 g/mol. The van der Waals surface area contributed by atoms with E-state index in [0.29, 0.717) is 19.7 Å². The lowest BCUT2D eigenvalue weighted by molar-refractivity contribution is -0.130. The van der Waals surface area contributed by atoms with Crippen molar-refractivity contribution in [3.8, 4) is 0 Å². The second kappa shape index (κ2) is 6.15. The Kier molecular flexibility index (Phi) is 4.67. The number of ether oxygens (including phenoxy) is 1.